The summed E-state index contributed by atoms with van der Waals surface area (Å²) in [6, 6.07) is 11.3. The molecule has 2 atom stereocenters. The van der Waals surface area contributed by atoms with Crippen LogP contribution in [-0.4, -0.2) is 69.0 Å². The molecule has 1 saturated heterocycles. The number of rotatable bonds is 11. The number of fused-ring (bicyclic) bond motifs is 1. The molecule has 1 aliphatic rings. The molecule has 0 aliphatic carbocycles. The summed E-state index contributed by atoms with van der Waals surface area (Å²) >= 11 is 1.67. The number of methoxy groups -OCH3 is 1. The standard InChI is InChI=1S/C24H28N6O4S/c1-34-17-8-6-16(7-9-17)10-13-30-23(32)19(26-24(30)33)15-21(31)25-18(11-14-35-2)22-28-27-20-5-3-4-12-29(20)22/h3-9,12,18-19H,10-11,13-15H2,1-2H3,(H,25,31)(H,26,33)/t18-,19-/m0/s1. The van der Waals surface area contributed by atoms with Gasteiger partial charge in [0.2, 0.25) is 5.91 Å². The number of hydrogen-bond acceptors (Lipinski definition) is 7. The Morgan fingerprint density at radius 1 is 1.20 bits per heavy atom. The first-order chi connectivity index (χ1) is 17.0. The number of ether oxygens (including phenoxy) is 1. The van der Waals surface area contributed by atoms with Gasteiger partial charge >= 0.3 is 6.03 Å². The van der Waals surface area contributed by atoms with E-state index in [-0.39, 0.29) is 24.9 Å². The van der Waals surface area contributed by atoms with Crippen molar-refractivity contribution in [3.05, 3.63) is 60.0 Å². The minimum Gasteiger partial charge on any atom is -0.497 e. The van der Waals surface area contributed by atoms with E-state index >= 15 is 0 Å². The number of nitrogens with one attached hydrogen (secondary N) is 2. The maximum atomic E-state index is 12.9. The second kappa shape index (κ2) is 11.2. The van der Waals surface area contributed by atoms with E-state index < -0.39 is 18.0 Å². The summed E-state index contributed by atoms with van der Waals surface area (Å²) in [6.07, 6.45) is 4.87. The van der Waals surface area contributed by atoms with Crippen LogP contribution in [0.1, 0.15) is 30.3 Å². The van der Waals surface area contributed by atoms with Crippen LogP contribution in [-0.2, 0) is 16.0 Å². The molecule has 35 heavy (non-hydrogen) atoms. The number of urea groups is 1. The molecule has 10 nitrogen and oxygen atoms in total. The number of hydrogen-bond donors (Lipinski definition) is 2. The van der Waals surface area contributed by atoms with E-state index in [0.29, 0.717) is 24.3 Å². The molecule has 1 aromatic carbocycles. The minimum absolute atomic E-state index is 0.143. The smallest absolute Gasteiger partial charge is 0.324 e. The number of benzene rings is 1. The van der Waals surface area contributed by atoms with Gasteiger partial charge in [0.25, 0.3) is 5.91 Å². The largest absolute Gasteiger partial charge is 0.497 e. The van der Waals surface area contributed by atoms with Gasteiger partial charge in [0.15, 0.2) is 11.5 Å². The lowest BCUT2D eigenvalue weighted by Crippen LogP contribution is -2.38. The summed E-state index contributed by atoms with van der Waals surface area (Å²) in [5.74, 6) is 1.45. The van der Waals surface area contributed by atoms with Crippen LogP contribution in [0.3, 0.4) is 0 Å². The maximum Gasteiger partial charge on any atom is 0.324 e. The number of carbonyl (C=O) groups excluding carboxylic acids is 3. The van der Waals surface area contributed by atoms with Gasteiger partial charge in [-0.15, -0.1) is 10.2 Å². The average molecular weight is 497 g/mol. The van der Waals surface area contributed by atoms with Crippen molar-refractivity contribution in [1.82, 2.24) is 30.1 Å². The molecule has 11 heteroatoms. The Hall–Kier alpha value is -3.60. The number of carbonyl (C=O) groups is 3. The summed E-state index contributed by atoms with van der Waals surface area (Å²) in [6.45, 7) is 0.233. The van der Waals surface area contributed by atoms with Gasteiger partial charge in [-0.25, -0.2) is 4.79 Å². The van der Waals surface area contributed by atoms with Gasteiger partial charge in [-0.3, -0.25) is 18.9 Å². The quantitative estimate of drug-likeness (QED) is 0.391. The molecular weight excluding hydrogens is 468 g/mol. The zero-order valence-corrected chi connectivity index (χ0v) is 20.5. The third-order valence-corrected chi connectivity index (χ3v) is 6.52. The zero-order chi connectivity index (χ0) is 24.8. The van der Waals surface area contributed by atoms with Gasteiger partial charge in [0.1, 0.15) is 11.8 Å². The Labute approximate surface area is 207 Å². The van der Waals surface area contributed by atoms with Gasteiger partial charge in [0.05, 0.1) is 19.6 Å². The molecule has 0 bridgehead atoms. The number of amides is 4. The van der Waals surface area contributed by atoms with Crippen LogP contribution in [0.4, 0.5) is 4.79 Å². The van der Waals surface area contributed by atoms with Crippen molar-refractivity contribution in [3.63, 3.8) is 0 Å². The SMILES string of the molecule is COc1ccc(CCN2C(=O)N[C@@H](CC(=O)N[C@@H](CCSC)c3nnc4ccccn34)C2=O)cc1. The van der Waals surface area contributed by atoms with Crippen LogP contribution in [0.15, 0.2) is 48.7 Å². The molecule has 1 fully saturated rings. The molecule has 2 aromatic heterocycles. The van der Waals surface area contributed by atoms with Crippen LogP contribution < -0.4 is 15.4 Å². The topological polar surface area (TPSA) is 118 Å². The number of nitrogens with zero attached hydrogens (tertiary/aromatic N) is 4. The molecule has 3 heterocycles. The summed E-state index contributed by atoms with van der Waals surface area (Å²) < 4.78 is 6.99. The fraction of sp³-hybridized carbons (Fsp3) is 0.375. The second-order valence-corrected chi connectivity index (χ2v) is 9.17. The summed E-state index contributed by atoms with van der Waals surface area (Å²) in [5.41, 5.74) is 1.67. The summed E-state index contributed by atoms with van der Waals surface area (Å²) in [4.78, 5) is 39.3. The van der Waals surface area contributed by atoms with Crippen molar-refractivity contribution in [3.8, 4) is 5.75 Å². The van der Waals surface area contributed by atoms with Crippen LogP contribution >= 0.6 is 11.8 Å². The van der Waals surface area contributed by atoms with E-state index in [1.54, 1.807) is 18.9 Å². The fourth-order valence-electron chi connectivity index (χ4n) is 4.00. The van der Waals surface area contributed by atoms with E-state index in [1.165, 1.54) is 4.90 Å². The lowest BCUT2D eigenvalue weighted by Gasteiger charge is -2.18. The highest BCUT2D eigenvalue weighted by atomic mass is 32.2. The number of imide groups is 1. The van der Waals surface area contributed by atoms with Crippen molar-refractivity contribution in [1.29, 1.82) is 0 Å². The lowest BCUT2D eigenvalue weighted by molar-refractivity contribution is -0.131. The zero-order valence-electron chi connectivity index (χ0n) is 19.6. The third-order valence-electron chi connectivity index (χ3n) is 5.88. The molecule has 0 saturated carbocycles. The Bertz CT molecular complexity index is 1200. The van der Waals surface area contributed by atoms with E-state index in [0.717, 1.165) is 17.1 Å². The second-order valence-electron chi connectivity index (χ2n) is 8.18. The van der Waals surface area contributed by atoms with Crippen molar-refractivity contribution >= 4 is 35.3 Å². The van der Waals surface area contributed by atoms with Gasteiger partial charge in [-0.2, -0.15) is 11.8 Å². The molecule has 0 radical (unpaired) electrons. The molecule has 0 spiro atoms. The monoisotopic (exact) mass is 496 g/mol. The van der Waals surface area contributed by atoms with Crippen molar-refractivity contribution in [2.45, 2.75) is 31.3 Å². The highest BCUT2D eigenvalue weighted by Gasteiger charge is 2.39. The first-order valence-electron chi connectivity index (χ1n) is 11.3. The minimum atomic E-state index is -0.894. The summed E-state index contributed by atoms with van der Waals surface area (Å²) in [5, 5.41) is 14.1. The molecule has 0 unspecified atom stereocenters. The molecule has 2 N–H and O–H groups in total. The predicted molar refractivity (Wildman–Crippen MR) is 132 cm³/mol. The highest BCUT2D eigenvalue weighted by Crippen LogP contribution is 2.19. The number of thioether (sulfide) groups is 1. The number of pyridine rings is 1. The average Bonchev–Trinajstić information content (AvgIpc) is 3.41. The van der Waals surface area contributed by atoms with Crippen LogP contribution in [0.5, 0.6) is 5.75 Å². The van der Waals surface area contributed by atoms with E-state index in [9.17, 15) is 14.4 Å². The van der Waals surface area contributed by atoms with Gasteiger partial charge < -0.3 is 15.4 Å². The van der Waals surface area contributed by atoms with Gasteiger partial charge in [0, 0.05) is 12.7 Å². The van der Waals surface area contributed by atoms with Crippen LogP contribution in [0.25, 0.3) is 5.65 Å². The Kier molecular flexibility index (Phi) is 7.86. The van der Waals surface area contributed by atoms with Crippen molar-refractivity contribution in [2.75, 3.05) is 25.7 Å². The molecule has 1 aliphatic heterocycles. The highest BCUT2D eigenvalue weighted by molar-refractivity contribution is 7.98. The predicted octanol–water partition coefficient (Wildman–Crippen LogP) is 2.20. The summed E-state index contributed by atoms with van der Waals surface area (Å²) in [7, 11) is 1.60. The first-order valence-corrected chi connectivity index (χ1v) is 12.7. The number of aromatic nitrogens is 3. The van der Waals surface area contributed by atoms with E-state index in [2.05, 4.69) is 20.8 Å². The molecule has 4 amide bonds. The van der Waals surface area contributed by atoms with Gasteiger partial charge in [-0.1, -0.05) is 18.2 Å². The van der Waals surface area contributed by atoms with Crippen molar-refractivity contribution in [2.24, 2.45) is 0 Å². The van der Waals surface area contributed by atoms with E-state index in [4.69, 9.17) is 4.74 Å². The first kappa shape index (κ1) is 24.5. The molecular formula is C24H28N6O4S. The lowest BCUT2D eigenvalue weighted by atomic mass is 10.1. The maximum absolute atomic E-state index is 12.9. The molecule has 3 aromatic rings. The Morgan fingerprint density at radius 3 is 2.74 bits per heavy atom. The van der Waals surface area contributed by atoms with Crippen LogP contribution in [0, 0.1) is 0 Å². The Balaban J connectivity index is 1.37. The normalized spacial score (nSPS) is 16.4. The Morgan fingerprint density at radius 2 is 2.00 bits per heavy atom. The molecule has 4 rings (SSSR count). The fourth-order valence-corrected chi connectivity index (χ4v) is 4.47. The van der Waals surface area contributed by atoms with Crippen LogP contribution in [0.2, 0.25) is 0 Å². The molecule has 184 valence electrons. The van der Waals surface area contributed by atoms with E-state index in [1.807, 2.05) is 59.3 Å². The van der Waals surface area contributed by atoms with Gasteiger partial charge in [-0.05, 0) is 54.7 Å². The third kappa shape index (κ3) is 5.73. The van der Waals surface area contributed by atoms with Crippen molar-refractivity contribution < 1.29 is 19.1 Å².